The average molecular weight is 317 g/mol. The molecule has 2 aromatic rings. The summed E-state index contributed by atoms with van der Waals surface area (Å²) < 4.78 is 7.94. The van der Waals surface area contributed by atoms with Crippen LogP contribution in [0.2, 0.25) is 0 Å². The van der Waals surface area contributed by atoms with E-state index in [4.69, 9.17) is 17.0 Å². The van der Waals surface area contributed by atoms with Gasteiger partial charge in [0.15, 0.2) is 4.77 Å². The molecule has 0 saturated carbocycles. The smallest absolute Gasteiger partial charge is 0.269 e. The lowest BCUT2D eigenvalue weighted by atomic mass is 10.0. The van der Waals surface area contributed by atoms with Crippen molar-refractivity contribution in [2.45, 2.75) is 25.4 Å². The predicted octanol–water partition coefficient (Wildman–Crippen LogP) is 2.83. The number of benzene rings is 1. The van der Waals surface area contributed by atoms with E-state index in [2.05, 4.69) is 10.3 Å². The summed E-state index contributed by atoms with van der Waals surface area (Å²) in [6, 6.07) is 9.60. The number of nitrogens with zero attached hydrogens (tertiary/aromatic N) is 1. The molecule has 1 fully saturated rings. The number of hydrogen-bond acceptors (Lipinski definition) is 3. The van der Waals surface area contributed by atoms with Crippen LogP contribution < -0.4 is 5.32 Å². The molecule has 2 N–H and O–H groups in total. The highest BCUT2D eigenvalue weighted by atomic mass is 32.1. The van der Waals surface area contributed by atoms with Gasteiger partial charge < -0.3 is 15.0 Å². The first-order valence-electron chi connectivity index (χ1n) is 7.37. The van der Waals surface area contributed by atoms with Crippen molar-refractivity contribution in [3.8, 4) is 5.69 Å². The topological polar surface area (TPSA) is 59.0 Å². The van der Waals surface area contributed by atoms with Gasteiger partial charge in [-0.2, -0.15) is 0 Å². The number of hydrogen-bond donors (Lipinski definition) is 2. The Labute approximate surface area is 134 Å². The zero-order chi connectivity index (χ0) is 15.6. The third-order valence-electron chi connectivity index (χ3n) is 3.95. The minimum absolute atomic E-state index is 0.159. The minimum Gasteiger partial charge on any atom is -0.373 e. The van der Waals surface area contributed by atoms with E-state index in [-0.39, 0.29) is 11.5 Å². The van der Waals surface area contributed by atoms with E-state index in [0.29, 0.717) is 17.0 Å². The minimum atomic E-state index is -0.264. The summed E-state index contributed by atoms with van der Waals surface area (Å²) in [7, 11) is 0. The van der Waals surface area contributed by atoms with Crippen molar-refractivity contribution in [2.24, 2.45) is 0 Å². The van der Waals surface area contributed by atoms with Crippen LogP contribution in [0, 0.1) is 4.77 Å². The number of imidazole rings is 1. The van der Waals surface area contributed by atoms with Gasteiger partial charge in [0.2, 0.25) is 0 Å². The number of aromatic nitrogens is 2. The Morgan fingerprint density at radius 1 is 1.45 bits per heavy atom. The first kappa shape index (κ1) is 15.0. The van der Waals surface area contributed by atoms with Crippen LogP contribution in [-0.2, 0) is 4.74 Å². The summed E-state index contributed by atoms with van der Waals surface area (Å²) >= 11 is 5.29. The number of nitrogens with one attached hydrogen (secondary N) is 2. The third kappa shape index (κ3) is 2.98. The fraction of sp³-hybridized carbons (Fsp3) is 0.375. The highest BCUT2D eigenvalue weighted by Crippen LogP contribution is 2.24. The number of para-hydroxylation sites is 1. The van der Waals surface area contributed by atoms with Gasteiger partial charge >= 0.3 is 0 Å². The molecule has 1 atom stereocenters. The quantitative estimate of drug-likeness (QED) is 0.853. The van der Waals surface area contributed by atoms with Crippen molar-refractivity contribution >= 4 is 18.1 Å². The van der Waals surface area contributed by atoms with Crippen LogP contribution in [0.5, 0.6) is 0 Å². The molecule has 1 aromatic heterocycles. The summed E-state index contributed by atoms with van der Waals surface area (Å²) in [5.74, 6) is -0.159. The van der Waals surface area contributed by atoms with Crippen molar-refractivity contribution in [1.82, 2.24) is 14.9 Å². The Hall–Kier alpha value is -1.92. The highest BCUT2D eigenvalue weighted by Gasteiger charge is 2.30. The molecule has 0 aliphatic carbocycles. The van der Waals surface area contributed by atoms with Crippen molar-refractivity contribution in [1.29, 1.82) is 0 Å². The average Bonchev–Trinajstić information content (AvgIpc) is 3.13. The largest absolute Gasteiger partial charge is 0.373 e. The van der Waals surface area contributed by atoms with E-state index in [1.807, 2.05) is 37.3 Å². The van der Waals surface area contributed by atoms with Gasteiger partial charge in [-0.05, 0) is 44.1 Å². The molecule has 1 saturated heterocycles. The van der Waals surface area contributed by atoms with Gasteiger partial charge in [0.1, 0.15) is 5.69 Å². The zero-order valence-corrected chi connectivity index (χ0v) is 13.3. The number of aromatic amines is 1. The van der Waals surface area contributed by atoms with Crippen LogP contribution in [0.1, 0.15) is 30.3 Å². The molecule has 1 aromatic carbocycles. The fourth-order valence-electron chi connectivity index (χ4n) is 2.70. The van der Waals surface area contributed by atoms with Crippen LogP contribution in [0.4, 0.5) is 0 Å². The Bertz CT molecular complexity index is 714. The Kier molecular flexibility index (Phi) is 4.13. The molecule has 1 amide bonds. The van der Waals surface area contributed by atoms with E-state index in [9.17, 15) is 4.79 Å². The van der Waals surface area contributed by atoms with Gasteiger partial charge in [0.05, 0.1) is 5.60 Å². The standard InChI is InChI=1S/C16H19N3O2S/c1-16(8-5-9-21-16)11-18-14(20)13-10-17-15(22)19(13)12-6-3-2-4-7-12/h2-4,6-7,10H,5,8-9,11H2,1H3,(H,17,22)(H,18,20). The van der Waals surface area contributed by atoms with Gasteiger partial charge in [-0.25, -0.2) is 0 Å². The lowest BCUT2D eigenvalue weighted by Crippen LogP contribution is -2.40. The lowest BCUT2D eigenvalue weighted by Gasteiger charge is -2.23. The highest BCUT2D eigenvalue weighted by molar-refractivity contribution is 7.71. The number of H-pyrrole nitrogens is 1. The molecule has 5 nitrogen and oxygen atoms in total. The molecular formula is C16H19N3O2S. The molecular weight excluding hydrogens is 298 g/mol. The summed E-state index contributed by atoms with van der Waals surface area (Å²) in [6.07, 6.45) is 3.64. The third-order valence-corrected chi connectivity index (χ3v) is 4.25. The van der Waals surface area contributed by atoms with E-state index in [1.54, 1.807) is 10.8 Å². The maximum absolute atomic E-state index is 12.5. The molecule has 1 aliphatic heterocycles. The Morgan fingerprint density at radius 3 is 2.91 bits per heavy atom. The number of carbonyl (C=O) groups is 1. The van der Waals surface area contributed by atoms with Gasteiger partial charge in [-0.15, -0.1) is 0 Å². The summed E-state index contributed by atoms with van der Waals surface area (Å²) in [4.78, 5) is 15.4. The van der Waals surface area contributed by atoms with E-state index >= 15 is 0 Å². The first-order valence-corrected chi connectivity index (χ1v) is 7.78. The molecule has 116 valence electrons. The van der Waals surface area contributed by atoms with Crippen LogP contribution in [-0.4, -0.2) is 34.2 Å². The molecule has 1 aliphatic rings. The number of carbonyl (C=O) groups excluding carboxylic acids is 1. The summed E-state index contributed by atoms with van der Waals surface area (Å²) in [5, 5.41) is 2.95. The van der Waals surface area contributed by atoms with E-state index in [1.165, 1.54) is 0 Å². The molecule has 1 unspecified atom stereocenters. The molecule has 6 heteroatoms. The fourth-order valence-corrected chi connectivity index (χ4v) is 2.97. The van der Waals surface area contributed by atoms with Gasteiger partial charge in [-0.3, -0.25) is 9.36 Å². The van der Waals surface area contributed by atoms with Gasteiger partial charge in [0, 0.05) is 25.0 Å². The van der Waals surface area contributed by atoms with E-state index < -0.39 is 0 Å². The second-order valence-corrected chi connectivity index (χ2v) is 6.12. The van der Waals surface area contributed by atoms with Crippen LogP contribution in [0.15, 0.2) is 36.5 Å². The number of rotatable bonds is 4. The van der Waals surface area contributed by atoms with Crippen molar-refractivity contribution in [3.05, 3.63) is 47.0 Å². The SMILES string of the molecule is CC1(CNC(=O)c2c[nH]c(=S)n2-c2ccccc2)CCCO1. The van der Waals surface area contributed by atoms with Crippen molar-refractivity contribution in [2.75, 3.05) is 13.2 Å². The molecule has 2 heterocycles. The Balaban J connectivity index is 1.80. The number of ether oxygens (including phenoxy) is 1. The maximum Gasteiger partial charge on any atom is 0.269 e. The van der Waals surface area contributed by atoms with Crippen LogP contribution >= 0.6 is 12.2 Å². The molecule has 22 heavy (non-hydrogen) atoms. The maximum atomic E-state index is 12.5. The zero-order valence-electron chi connectivity index (χ0n) is 12.5. The molecule has 0 radical (unpaired) electrons. The van der Waals surface area contributed by atoms with E-state index in [0.717, 1.165) is 25.1 Å². The van der Waals surface area contributed by atoms with Gasteiger partial charge in [0.25, 0.3) is 5.91 Å². The monoisotopic (exact) mass is 317 g/mol. The van der Waals surface area contributed by atoms with Gasteiger partial charge in [-0.1, -0.05) is 18.2 Å². The van der Waals surface area contributed by atoms with Crippen molar-refractivity contribution in [3.63, 3.8) is 0 Å². The van der Waals surface area contributed by atoms with Crippen molar-refractivity contribution < 1.29 is 9.53 Å². The molecule has 0 spiro atoms. The number of amides is 1. The Morgan fingerprint density at radius 2 is 2.23 bits per heavy atom. The van der Waals surface area contributed by atoms with Crippen LogP contribution in [0.3, 0.4) is 0 Å². The first-order chi connectivity index (χ1) is 10.6. The lowest BCUT2D eigenvalue weighted by molar-refractivity contribution is 0.0205. The normalized spacial score (nSPS) is 21.0. The molecule has 0 bridgehead atoms. The second-order valence-electron chi connectivity index (χ2n) is 5.73. The van der Waals surface area contributed by atoms with Crippen LogP contribution in [0.25, 0.3) is 5.69 Å². The summed E-state index contributed by atoms with van der Waals surface area (Å²) in [5.41, 5.74) is 1.10. The predicted molar refractivity (Wildman–Crippen MR) is 86.9 cm³/mol. The summed E-state index contributed by atoms with van der Waals surface area (Å²) in [6.45, 7) is 3.29. The molecule has 3 rings (SSSR count). The second kappa shape index (κ2) is 6.06.